The first kappa shape index (κ1) is 11.7. The van der Waals surface area contributed by atoms with Gasteiger partial charge in [0, 0.05) is 38.7 Å². The third-order valence-electron chi connectivity index (χ3n) is 3.26. The van der Waals surface area contributed by atoms with Crippen molar-refractivity contribution in [1.29, 1.82) is 0 Å². The van der Waals surface area contributed by atoms with Gasteiger partial charge in [-0.2, -0.15) is 0 Å². The number of nitrogens with zero attached hydrogens (tertiary/aromatic N) is 5. The number of rotatable bonds is 4. The minimum Gasteiger partial charge on any atom is -0.337 e. The summed E-state index contributed by atoms with van der Waals surface area (Å²) in [5.74, 6) is 0. The van der Waals surface area contributed by atoms with Gasteiger partial charge in [0.15, 0.2) is 5.65 Å². The lowest BCUT2D eigenvalue weighted by atomic mass is 10.4. The van der Waals surface area contributed by atoms with Crippen molar-refractivity contribution in [2.24, 2.45) is 7.05 Å². The molecule has 6 nitrogen and oxygen atoms in total. The van der Waals surface area contributed by atoms with Crippen LogP contribution in [0.4, 0.5) is 0 Å². The van der Waals surface area contributed by atoms with Crippen LogP contribution in [0.25, 0.3) is 11.2 Å². The molecule has 0 amide bonds. The van der Waals surface area contributed by atoms with Gasteiger partial charge in [-0.05, 0) is 18.6 Å². The highest BCUT2D eigenvalue weighted by Gasteiger charge is 2.10. The average Bonchev–Trinajstić information content (AvgIpc) is 3.02. The van der Waals surface area contributed by atoms with Crippen molar-refractivity contribution < 1.29 is 0 Å². The Morgan fingerprint density at radius 1 is 1.26 bits per heavy atom. The molecular weight excluding hydrogens is 242 g/mol. The van der Waals surface area contributed by atoms with Crippen molar-refractivity contribution in [1.82, 2.24) is 23.7 Å². The SMILES string of the molecule is Cn1c(=O)n(CCCn2ccnc2)c2ncccc21. The zero-order chi connectivity index (χ0) is 13.2. The maximum Gasteiger partial charge on any atom is 0.330 e. The van der Waals surface area contributed by atoms with E-state index in [-0.39, 0.29) is 5.69 Å². The summed E-state index contributed by atoms with van der Waals surface area (Å²) in [6, 6.07) is 3.76. The number of hydrogen-bond acceptors (Lipinski definition) is 3. The first-order valence-electron chi connectivity index (χ1n) is 6.23. The lowest BCUT2D eigenvalue weighted by molar-refractivity contribution is 0.554. The molecule has 0 saturated heterocycles. The lowest BCUT2D eigenvalue weighted by Crippen LogP contribution is -2.23. The van der Waals surface area contributed by atoms with Gasteiger partial charge in [-0.1, -0.05) is 0 Å². The third-order valence-corrected chi connectivity index (χ3v) is 3.26. The predicted molar refractivity (Wildman–Crippen MR) is 71.8 cm³/mol. The Kier molecular flexibility index (Phi) is 2.91. The van der Waals surface area contributed by atoms with Crippen LogP contribution < -0.4 is 5.69 Å². The van der Waals surface area contributed by atoms with Crippen molar-refractivity contribution in [2.75, 3.05) is 0 Å². The molecule has 0 radical (unpaired) electrons. The van der Waals surface area contributed by atoms with Gasteiger partial charge in [-0.25, -0.2) is 14.8 Å². The summed E-state index contributed by atoms with van der Waals surface area (Å²) in [6.07, 6.45) is 8.04. The van der Waals surface area contributed by atoms with Crippen LogP contribution in [0.5, 0.6) is 0 Å². The fraction of sp³-hybridized carbons (Fsp3) is 0.308. The quantitative estimate of drug-likeness (QED) is 0.701. The highest BCUT2D eigenvalue weighted by Crippen LogP contribution is 2.08. The maximum absolute atomic E-state index is 12.1. The van der Waals surface area contributed by atoms with E-state index in [2.05, 4.69) is 9.97 Å². The molecule has 0 atom stereocenters. The van der Waals surface area contributed by atoms with Crippen molar-refractivity contribution in [3.05, 3.63) is 47.5 Å². The molecule has 0 aliphatic rings. The number of pyridine rings is 1. The molecule has 0 N–H and O–H groups in total. The average molecular weight is 257 g/mol. The van der Waals surface area contributed by atoms with Crippen molar-refractivity contribution >= 4 is 11.2 Å². The Morgan fingerprint density at radius 2 is 2.16 bits per heavy atom. The molecule has 98 valence electrons. The van der Waals surface area contributed by atoms with Gasteiger partial charge in [0.2, 0.25) is 0 Å². The van der Waals surface area contributed by atoms with Crippen LogP contribution in [0.3, 0.4) is 0 Å². The second-order valence-corrected chi connectivity index (χ2v) is 4.49. The Bertz CT molecular complexity index is 738. The lowest BCUT2D eigenvalue weighted by Gasteiger charge is -2.03. The number of hydrogen-bond donors (Lipinski definition) is 0. The molecule has 0 bridgehead atoms. The smallest absolute Gasteiger partial charge is 0.330 e. The van der Waals surface area contributed by atoms with Crippen LogP contribution >= 0.6 is 0 Å². The van der Waals surface area contributed by atoms with E-state index >= 15 is 0 Å². The first-order chi connectivity index (χ1) is 9.27. The normalized spacial score (nSPS) is 11.2. The zero-order valence-electron chi connectivity index (χ0n) is 10.7. The van der Waals surface area contributed by atoms with Gasteiger partial charge < -0.3 is 4.57 Å². The highest BCUT2D eigenvalue weighted by atomic mass is 16.1. The second-order valence-electron chi connectivity index (χ2n) is 4.49. The second kappa shape index (κ2) is 4.72. The molecule has 3 rings (SSSR count). The number of imidazole rings is 2. The molecule has 0 saturated carbocycles. The minimum absolute atomic E-state index is 0.0145. The monoisotopic (exact) mass is 257 g/mol. The standard InChI is InChI=1S/C13H15N5O/c1-16-11-4-2-5-15-12(11)18(13(16)19)8-3-7-17-9-6-14-10-17/h2,4-6,9-10H,3,7-8H2,1H3. The summed E-state index contributed by atoms with van der Waals surface area (Å²) in [4.78, 5) is 20.4. The summed E-state index contributed by atoms with van der Waals surface area (Å²) >= 11 is 0. The maximum atomic E-state index is 12.1. The molecule has 19 heavy (non-hydrogen) atoms. The van der Waals surface area contributed by atoms with Crippen LogP contribution in [-0.2, 0) is 20.1 Å². The van der Waals surface area contributed by atoms with E-state index in [1.54, 1.807) is 34.9 Å². The summed E-state index contributed by atoms with van der Waals surface area (Å²) in [5, 5.41) is 0. The highest BCUT2D eigenvalue weighted by molar-refractivity contribution is 5.71. The molecular formula is C13H15N5O. The van der Waals surface area contributed by atoms with E-state index in [0.717, 1.165) is 24.1 Å². The molecule has 3 aromatic rings. The molecule has 0 fully saturated rings. The molecule has 3 heterocycles. The molecule has 6 heteroatoms. The van der Waals surface area contributed by atoms with Gasteiger partial charge in [0.25, 0.3) is 0 Å². The Balaban J connectivity index is 1.85. The molecule has 0 aliphatic heterocycles. The Labute approximate surface area is 109 Å². The van der Waals surface area contributed by atoms with E-state index in [9.17, 15) is 4.79 Å². The first-order valence-corrected chi connectivity index (χ1v) is 6.23. The third kappa shape index (κ3) is 2.05. The van der Waals surface area contributed by atoms with E-state index in [0.29, 0.717) is 6.54 Å². The van der Waals surface area contributed by atoms with Crippen LogP contribution in [0.1, 0.15) is 6.42 Å². The molecule has 0 aromatic carbocycles. The molecule has 3 aromatic heterocycles. The van der Waals surface area contributed by atoms with Gasteiger partial charge in [0.05, 0.1) is 11.8 Å². The van der Waals surface area contributed by atoms with E-state index in [1.165, 1.54) is 0 Å². The van der Waals surface area contributed by atoms with Gasteiger partial charge in [-0.15, -0.1) is 0 Å². The van der Waals surface area contributed by atoms with Crippen LogP contribution in [0.15, 0.2) is 41.8 Å². The van der Waals surface area contributed by atoms with Crippen molar-refractivity contribution in [3.63, 3.8) is 0 Å². The van der Waals surface area contributed by atoms with Gasteiger partial charge >= 0.3 is 5.69 Å². The molecule has 0 aliphatic carbocycles. The zero-order valence-corrected chi connectivity index (χ0v) is 10.7. The molecule has 0 unspecified atom stereocenters. The summed E-state index contributed by atoms with van der Waals surface area (Å²) in [7, 11) is 1.78. The number of aryl methyl sites for hydroxylation is 3. The van der Waals surface area contributed by atoms with Gasteiger partial charge in [-0.3, -0.25) is 9.13 Å². The topological polar surface area (TPSA) is 57.6 Å². The Hall–Kier alpha value is -2.37. The molecule has 0 spiro atoms. The van der Waals surface area contributed by atoms with Crippen LogP contribution in [0, 0.1) is 0 Å². The van der Waals surface area contributed by atoms with Crippen molar-refractivity contribution in [3.8, 4) is 0 Å². The van der Waals surface area contributed by atoms with Gasteiger partial charge in [0.1, 0.15) is 0 Å². The largest absolute Gasteiger partial charge is 0.337 e. The van der Waals surface area contributed by atoms with Crippen LogP contribution in [-0.4, -0.2) is 23.7 Å². The summed E-state index contributed by atoms with van der Waals surface area (Å²) < 4.78 is 5.37. The van der Waals surface area contributed by atoms with E-state index < -0.39 is 0 Å². The fourth-order valence-corrected chi connectivity index (χ4v) is 2.26. The minimum atomic E-state index is -0.0145. The van der Waals surface area contributed by atoms with E-state index in [1.807, 2.05) is 22.9 Å². The number of aromatic nitrogens is 5. The predicted octanol–water partition coefficient (Wildman–Crippen LogP) is 1.02. The number of fused-ring (bicyclic) bond motifs is 1. The summed E-state index contributed by atoms with van der Waals surface area (Å²) in [5.41, 5.74) is 1.61. The van der Waals surface area contributed by atoms with E-state index in [4.69, 9.17) is 0 Å². The Morgan fingerprint density at radius 3 is 2.95 bits per heavy atom. The van der Waals surface area contributed by atoms with Crippen molar-refractivity contribution in [2.45, 2.75) is 19.5 Å². The fourth-order valence-electron chi connectivity index (χ4n) is 2.26. The summed E-state index contributed by atoms with van der Waals surface area (Å²) in [6.45, 7) is 1.50. The van der Waals surface area contributed by atoms with Crippen LogP contribution in [0.2, 0.25) is 0 Å².